The lowest BCUT2D eigenvalue weighted by Gasteiger charge is -2.29. The predicted octanol–water partition coefficient (Wildman–Crippen LogP) is 4.22. The van der Waals surface area contributed by atoms with Crippen molar-refractivity contribution in [2.75, 3.05) is 6.54 Å². The number of H-pyrrole nitrogens is 1. The number of aromatic amines is 1. The molecule has 0 spiro atoms. The molecule has 0 unspecified atom stereocenters. The number of imidazole rings is 2. The monoisotopic (exact) mass is 409 g/mol. The van der Waals surface area contributed by atoms with Crippen LogP contribution in [0.4, 0.5) is 0 Å². The van der Waals surface area contributed by atoms with Crippen LogP contribution >= 0.6 is 0 Å². The Hall–Kier alpha value is -2.41. The molecule has 7 nitrogen and oxygen atoms in total. The summed E-state index contributed by atoms with van der Waals surface area (Å²) in [6.07, 6.45) is 6.15. The minimum atomic E-state index is 0.431. The highest BCUT2D eigenvalue weighted by Gasteiger charge is 2.26. The minimum absolute atomic E-state index is 0.431. The molecule has 1 aliphatic heterocycles. The summed E-state index contributed by atoms with van der Waals surface area (Å²) in [6.45, 7) is 15.8. The zero-order chi connectivity index (χ0) is 21.3. The van der Waals surface area contributed by atoms with Gasteiger partial charge >= 0.3 is 0 Å². The Morgan fingerprint density at radius 1 is 1.17 bits per heavy atom. The fraction of sp³-hybridized carbons (Fsp3) is 0.609. The Morgan fingerprint density at radius 2 is 2.00 bits per heavy atom. The molecule has 4 rings (SSSR count). The van der Waals surface area contributed by atoms with Gasteiger partial charge in [0.1, 0.15) is 11.5 Å². The van der Waals surface area contributed by atoms with Crippen LogP contribution in [-0.2, 0) is 32.6 Å². The van der Waals surface area contributed by atoms with Gasteiger partial charge in [0.05, 0.1) is 17.9 Å². The van der Waals surface area contributed by atoms with E-state index in [4.69, 9.17) is 4.98 Å². The number of hydrogen-bond donors (Lipinski definition) is 1. The van der Waals surface area contributed by atoms with Crippen LogP contribution in [0.1, 0.15) is 69.9 Å². The molecule has 0 radical (unpaired) electrons. The van der Waals surface area contributed by atoms with Gasteiger partial charge in [-0.25, -0.2) is 9.97 Å². The molecule has 4 heterocycles. The van der Waals surface area contributed by atoms with E-state index in [1.54, 1.807) is 0 Å². The first-order valence-electron chi connectivity index (χ1n) is 11.3. The predicted molar refractivity (Wildman–Crippen MR) is 119 cm³/mol. The summed E-state index contributed by atoms with van der Waals surface area (Å²) in [6, 6.07) is 2.16. The van der Waals surface area contributed by atoms with Crippen LogP contribution in [0.2, 0.25) is 0 Å². The number of aryl methyl sites for hydroxylation is 2. The Morgan fingerprint density at radius 3 is 2.70 bits per heavy atom. The van der Waals surface area contributed by atoms with E-state index in [-0.39, 0.29) is 0 Å². The van der Waals surface area contributed by atoms with E-state index in [0.29, 0.717) is 11.8 Å². The maximum atomic E-state index is 5.10. The van der Waals surface area contributed by atoms with E-state index in [1.165, 1.54) is 11.4 Å². The van der Waals surface area contributed by atoms with Gasteiger partial charge in [0.2, 0.25) is 0 Å². The van der Waals surface area contributed by atoms with Crippen molar-refractivity contribution in [3.63, 3.8) is 0 Å². The van der Waals surface area contributed by atoms with Crippen molar-refractivity contribution in [3.05, 3.63) is 41.4 Å². The molecule has 7 heteroatoms. The average molecular weight is 410 g/mol. The minimum Gasteiger partial charge on any atom is -0.334 e. The Bertz CT molecular complexity index is 976. The van der Waals surface area contributed by atoms with Gasteiger partial charge < -0.3 is 9.13 Å². The molecule has 3 aromatic rings. The first-order chi connectivity index (χ1) is 14.5. The van der Waals surface area contributed by atoms with E-state index in [9.17, 15) is 0 Å². The number of nitrogens with one attached hydrogen (secondary N) is 1. The van der Waals surface area contributed by atoms with Crippen LogP contribution in [0.5, 0.6) is 0 Å². The maximum Gasteiger partial charge on any atom is 0.161 e. The van der Waals surface area contributed by atoms with E-state index in [0.717, 1.165) is 68.6 Å². The summed E-state index contributed by atoms with van der Waals surface area (Å²) < 4.78 is 4.63. The first-order valence-corrected chi connectivity index (χ1v) is 11.3. The van der Waals surface area contributed by atoms with Gasteiger partial charge in [-0.3, -0.25) is 10.00 Å². The lowest BCUT2D eigenvalue weighted by atomic mass is 10.0. The molecule has 0 aliphatic carbocycles. The lowest BCUT2D eigenvalue weighted by molar-refractivity contribution is 0.205. The largest absolute Gasteiger partial charge is 0.334 e. The molecule has 162 valence electrons. The number of fused-ring (bicyclic) bond motifs is 1. The van der Waals surface area contributed by atoms with Crippen molar-refractivity contribution in [3.8, 4) is 11.5 Å². The third kappa shape index (κ3) is 4.21. The number of nitrogens with zero attached hydrogens (tertiary/aromatic N) is 6. The molecule has 0 amide bonds. The number of aromatic nitrogens is 6. The standard InChI is InChI=1S/C23H35N7/c1-6-29-10-9-24-22(29)15-28-11-12-30-21(14-28)18(8-7-16(2)3)25-23(30)20-13-19(17(4)5)26-27-20/h9-10,13,16-17H,6-8,11-12,14-15H2,1-5H3,(H,26,27). The van der Waals surface area contributed by atoms with Crippen molar-refractivity contribution in [1.82, 2.24) is 34.2 Å². The summed E-state index contributed by atoms with van der Waals surface area (Å²) in [5.41, 5.74) is 4.71. The van der Waals surface area contributed by atoms with E-state index < -0.39 is 0 Å². The molecular weight excluding hydrogens is 374 g/mol. The summed E-state index contributed by atoms with van der Waals surface area (Å²) in [7, 11) is 0. The summed E-state index contributed by atoms with van der Waals surface area (Å²) in [5.74, 6) is 3.26. The average Bonchev–Trinajstić information content (AvgIpc) is 3.44. The molecule has 3 aromatic heterocycles. The molecular formula is C23H35N7. The normalized spacial score (nSPS) is 14.8. The highest BCUT2D eigenvalue weighted by Crippen LogP contribution is 2.28. The fourth-order valence-corrected chi connectivity index (χ4v) is 4.17. The van der Waals surface area contributed by atoms with Crippen molar-refractivity contribution in [2.45, 2.75) is 79.6 Å². The fourth-order valence-electron chi connectivity index (χ4n) is 4.17. The SMILES string of the molecule is CCn1ccnc1CN1CCn2c(-c3cc(C(C)C)[nH]n3)nc(CCC(C)C)c2C1. The van der Waals surface area contributed by atoms with E-state index >= 15 is 0 Å². The molecule has 30 heavy (non-hydrogen) atoms. The van der Waals surface area contributed by atoms with E-state index in [1.807, 2.05) is 6.20 Å². The van der Waals surface area contributed by atoms with Crippen LogP contribution in [-0.4, -0.2) is 40.7 Å². The van der Waals surface area contributed by atoms with Crippen LogP contribution in [0, 0.1) is 5.92 Å². The quantitative estimate of drug-likeness (QED) is 0.605. The van der Waals surface area contributed by atoms with Crippen LogP contribution in [0.15, 0.2) is 18.5 Å². The van der Waals surface area contributed by atoms with Crippen LogP contribution in [0.3, 0.4) is 0 Å². The molecule has 0 atom stereocenters. The molecule has 0 fully saturated rings. The smallest absolute Gasteiger partial charge is 0.161 e. The van der Waals surface area contributed by atoms with Gasteiger partial charge in [-0.2, -0.15) is 5.10 Å². The Kier molecular flexibility index (Phi) is 6.09. The van der Waals surface area contributed by atoms with Crippen molar-refractivity contribution in [2.24, 2.45) is 5.92 Å². The van der Waals surface area contributed by atoms with Gasteiger partial charge in [0.25, 0.3) is 0 Å². The number of hydrogen-bond acceptors (Lipinski definition) is 4. The number of rotatable bonds is 8. The third-order valence-electron chi connectivity index (χ3n) is 6.08. The van der Waals surface area contributed by atoms with Crippen molar-refractivity contribution in [1.29, 1.82) is 0 Å². The topological polar surface area (TPSA) is 67.6 Å². The summed E-state index contributed by atoms with van der Waals surface area (Å²) in [5, 5.41) is 7.79. The molecule has 0 saturated heterocycles. The van der Waals surface area contributed by atoms with Crippen molar-refractivity contribution >= 4 is 0 Å². The van der Waals surface area contributed by atoms with Gasteiger partial charge in [-0.05, 0) is 37.7 Å². The van der Waals surface area contributed by atoms with Gasteiger partial charge in [-0.1, -0.05) is 27.7 Å². The second-order valence-electron chi connectivity index (χ2n) is 9.12. The Balaban J connectivity index is 1.62. The van der Waals surface area contributed by atoms with Crippen LogP contribution < -0.4 is 0 Å². The van der Waals surface area contributed by atoms with Gasteiger partial charge in [0, 0.05) is 44.3 Å². The zero-order valence-electron chi connectivity index (χ0n) is 19.0. The third-order valence-corrected chi connectivity index (χ3v) is 6.08. The zero-order valence-corrected chi connectivity index (χ0v) is 19.0. The summed E-state index contributed by atoms with van der Waals surface area (Å²) in [4.78, 5) is 12.2. The van der Waals surface area contributed by atoms with Gasteiger partial charge in [-0.15, -0.1) is 0 Å². The molecule has 0 aromatic carbocycles. The second-order valence-corrected chi connectivity index (χ2v) is 9.12. The maximum absolute atomic E-state index is 5.10. The molecule has 1 N–H and O–H groups in total. The highest BCUT2D eigenvalue weighted by atomic mass is 15.3. The molecule has 1 aliphatic rings. The second kappa shape index (κ2) is 8.76. The Labute approximate surface area is 179 Å². The lowest BCUT2D eigenvalue weighted by Crippen LogP contribution is -2.34. The van der Waals surface area contributed by atoms with E-state index in [2.05, 4.69) is 76.1 Å². The first kappa shape index (κ1) is 20.8. The molecule has 0 bridgehead atoms. The molecule has 0 saturated carbocycles. The van der Waals surface area contributed by atoms with Gasteiger partial charge in [0.15, 0.2) is 5.82 Å². The van der Waals surface area contributed by atoms with Crippen molar-refractivity contribution < 1.29 is 0 Å². The summed E-state index contributed by atoms with van der Waals surface area (Å²) >= 11 is 0. The van der Waals surface area contributed by atoms with Crippen LogP contribution in [0.25, 0.3) is 11.5 Å². The highest BCUT2D eigenvalue weighted by molar-refractivity contribution is 5.53.